The van der Waals surface area contributed by atoms with Crippen molar-refractivity contribution in [1.29, 1.82) is 0 Å². The molecule has 3 N–H and O–H groups in total. The third-order valence-corrected chi connectivity index (χ3v) is 2.04. The van der Waals surface area contributed by atoms with E-state index in [1.165, 1.54) is 7.11 Å². The van der Waals surface area contributed by atoms with Gasteiger partial charge in [-0.15, -0.1) is 0 Å². The molecule has 0 radical (unpaired) electrons. The van der Waals surface area contributed by atoms with Crippen molar-refractivity contribution < 1.29 is 9.53 Å². The fourth-order valence-corrected chi connectivity index (χ4v) is 1.40. The molecule has 0 saturated heterocycles. The molecule has 16 heavy (non-hydrogen) atoms. The first kappa shape index (κ1) is 12.6. The van der Waals surface area contributed by atoms with Crippen molar-refractivity contribution in [3.63, 3.8) is 0 Å². The van der Waals surface area contributed by atoms with Gasteiger partial charge in [-0.1, -0.05) is 24.4 Å². The van der Waals surface area contributed by atoms with Gasteiger partial charge < -0.3 is 15.8 Å². The maximum Gasteiger partial charge on any atom is 0.250 e. The number of nitrogens with two attached hydrogens (primary N) is 1. The molecule has 86 valence electrons. The van der Waals surface area contributed by atoms with Crippen molar-refractivity contribution in [2.24, 2.45) is 5.73 Å². The molecular weight excluding hydrogens is 224 g/mol. The predicted octanol–water partition coefficient (Wildman–Crippen LogP) is 1.10. The van der Waals surface area contributed by atoms with Crippen LogP contribution >= 0.6 is 12.2 Å². The third-order valence-electron chi connectivity index (χ3n) is 1.89. The molecule has 1 aromatic carbocycles. The van der Waals surface area contributed by atoms with Crippen LogP contribution in [0.1, 0.15) is 5.56 Å². The molecule has 0 aliphatic rings. The Morgan fingerprint density at radius 3 is 2.56 bits per heavy atom. The number of methoxy groups -OCH3 is 1. The summed E-state index contributed by atoms with van der Waals surface area (Å²) in [5, 5.41) is 2.70. The lowest BCUT2D eigenvalue weighted by atomic mass is 10.1. The van der Waals surface area contributed by atoms with Crippen LogP contribution in [-0.2, 0) is 16.0 Å². The van der Waals surface area contributed by atoms with Crippen LogP contribution in [0.5, 0.6) is 0 Å². The number of carbonyl (C=O) groups is 1. The Labute approximate surface area is 99.8 Å². The van der Waals surface area contributed by atoms with Crippen molar-refractivity contribution in [1.82, 2.24) is 0 Å². The number of hydrogen-bond donors (Lipinski definition) is 2. The lowest BCUT2D eigenvalue weighted by Gasteiger charge is -2.05. The van der Waals surface area contributed by atoms with E-state index in [4.69, 9.17) is 22.7 Å². The number of ether oxygens (including phenoxy) is 1. The number of hydrogen-bond acceptors (Lipinski definition) is 3. The first-order valence-corrected chi connectivity index (χ1v) is 5.18. The average Bonchev–Trinajstić information content (AvgIpc) is 2.20. The van der Waals surface area contributed by atoms with Crippen LogP contribution in [0, 0.1) is 0 Å². The van der Waals surface area contributed by atoms with Gasteiger partial charge in [0.15, 0.2) is 0 Å². The van der Waals surface area contributed by atoms with Gasteiger partial charge in [-0.25, -0.2) is 0 Å². The summed E-state index contributed by atoms with van der Waals surface area (Å²) >= 11 is 4.81. The number of benzene rings is 1. The maximum absolute atomic E-state index is 11.2. The maximum atomic E-state index is 11.2. The number of amides is 1. The van der Waals surface area contributed by atoms with Gasteiger partial charge in [-0.05, 0) is 17.7 Å². The Hall–Kier alpha value is -1.46. The SMILES string of the molecule is COCC(=O)Nc1ccc(CC(N)=S)cc1. The second kappa shape index (κ2) is 6.19. The zero-order valence-corrected chi connectivity index (χ0v) is 9.84. The minimum atomic E-state index is -0.176. The lowest BCUT2D eigenvalue weighted by molar-refractivity contribution is -0.119. The van der Waals surface area contributed by atoms with Gasteiger partial charge in [0.05, 0.1) is 4.99 Å². The highest BCUT2D eigenvalue weighted by atomic mass is 32.1. The number of carbonyl (C=O) groups excluding carboxylic acids is 1. The van der Waals surface area contributed by atoms with E-state index in [0.29, 0.717) is 11.4 Å². The van der Waals surface area contributed by atoms with E-state index >= 15 is 0 Å². The third kappa shape index (κ3) is 4.37. The van der Waals surface area contributed by atoms with E-state index in [0.717, 1.165) is 11.3 Å². The Kier molecular flexibility index (Phi) is 4.88. The summed E-state index contributed by atoms with van der Waals surface area (Å²) in [5.41, 5.74) is 7.18. The van der Waals surface area contributed by atoms with E-state index in [1.807, 2.05) is 12.1 Å². The molecular formula is C11H14N2O2S. The summed E-state index contributed by atoms with van der Waals surface area (Å²) in [4.78, 5) is 11.7. The van der Waals surface area contributed by atoms with Crippen LogP contribution in [0.2, 0.25) is 0 Å². The highest BCUT2D eigenvalue weighted by Gasteiger charge is 2.01. The van der Waals surface area contributed by atoms with E-state index in [1.54, 1.807) is 12.1 Å². The van der Waals surface area contributed by atoms with Gasteiger partial charge in [-0.3, -0.25) is 4.79 Å². The number of rotatable bonds is 5. The van der Waals surface area contributed by atoms with Crippen molar-refractivity contribution in [3.05, 3.63) is 29.8 Å². The molecule has 0 spiro atoms. The van der Waals surface area contributed by atoms with E-state index in [2.05, 4.69) is 5.32 Å². The monoisotopic (exact) mass is 238 g/mol. The highest BCUT2D eigenvalue weighted by Crippen LogP contribution is 2.09. The van der Waals surface area contributed by atoms with Gasteiger partial charge in [0.2, 0.25) is 5.91 Å². The first-order valence-electron chi connectivity index (χ1n) is 4.78. The van der Waals surface area contributed by atoms with Crippen LogP contribution < -0.4 is 11.1 Å². The van der Waals surface area contributed by atoms with Gasteiger partial charge >= 0.3 is 0 Å². The molecule has 0 saturated carbocycles. The average molecular weight is 238 g/mol. The Morgan fingerprint density at radius 2 is 2.06 bits per heavy atom. The first-order chi connectivity index (χ1) is 7.61. The second-order valence-corrected chi connectivity index (χ2v) is 3.85. The fourth-order valence-electron chi connectivity index (χ4n) is 1.24. The molecule has 0 aromatic heterocycles. The zero-order chi connectivity index (χ0) is 12.0. The summed E-state index contributed by atoms with van der Waals surface area (Å²) in [5.74, 6) is -0.176. The predicted molar refractivity (Wildman–Crippen MR) is 67.4 cm³/mol. The minimum absolute atomic E-state index is 0.0502. The van der Waals surface area contributed by atoms with E-state index in [9.17, 15) is 4.79 Å². The molecule has 0 fully saturated rings. The summed E-state index contributed by atoms with van der Waals surface area (Å²) < 4.78 is 4.71. The normalized spacial score (nSPS) is 9.81. The van der Waals surface area contributed by atoms with Crippen LogP contribution in [0.4, 0.5) is 5.69 Å². The molecule has 0 bridgehead atoms. The van der Waals surface area contributed by atoms with Crippen LogP contribution in [0.15, 0.2) is 24.3 Å². The molecule has 1 rings (SSSR count). The van der Waals surface area contributed by atoms with E-state index < -0.39 is 0 Å². The molecule has 0 aliphatic heterocycles. The zero-order valence-electron chi connectivity index (χ0n) is 9.03. The summed E-state index contributed by atoms with van der Waals surface area (Å²) in [6, 6.07) is 7.37. The topological polar surface area (TPSA) is 64.3 Å². The molecule has 0 unspecified atom stereocenters. The summed E-state index contributed by atoms with van der Waals surface area (Å²) in [6.45, 7) is 0.0502. The fraction of sp³-hybridized carbons (Fsp3) is 0.273. The van der Waals surface area contributed by atoms with Crippen LogP contribution in [-0.4, -0.2) is 24.6 Å². The van der Waals surface area contributed by atoms with Gasteiger partial charge in [-0.2, -0.15) is 0 Å². The molecule has 5 heteroatoms. The summed E-state index contributed by atoms with van der Waals surface area (Å²) in [6.07, 6.45) is 0.571. The van der Waals surface area contributed by atoms with Gasteiger partial charge in [0, 0.05) is 19.2 Å². The standard InChI is InChI=1S/C11H14N2O2S/c1-15-7-11(14)13-9-4-2-8(3-5-9)6-10(12)16/h2-5H,6-7H2,1H3,(H2,12,16)(H,13,14). The van der Waals surface area contributed by atoms with Crippen LogP contribution in [0.3, 0.4) is 0 Å². The molecule has 0 atom stereocenters. The highest BCUT2D eigenvalue weighted by molar-refractivity contribution is 7.80. The summed E-state index contributed by atoms with van der Waals surface area (Å²) in [7, 11) is 1.48. The molecule has 0 aliphatic carbocycles. The number of nitrogens with one attached hydrogen (secondary N) is 1. The molecule has 1 amide bonds. The van der Waals surface area contributed by atoms with E-state index in [-0.39, 0.29) is 12.5 Å². The number of anilines is 1. The molecule has 4 nitrogen and oxygen atoms in total. The Bertz CT molecular complexity index is 376. The van der Waals surface area contributed by atoms with Crippen LogP contribution in [0.25, 0.3) is 0 Å². The van der Waals surface area contributed by atoms with Crippen molar-refractivity contribution in [3.8, 4) is 0 Å². The van der Waals surface area contributed by atoms with Crippen molar-refractivity contribution in [2.75, 3.05) is 19.0 Å². The Balaban J connectivity index is 2.57. The molecule has 0 heterocycles. The largest absolute Gasteiger partial charge is 0.393 e. The van der Waals surface area contributed by atoms with Crippen molar-refractivity contribution in [2.45, 2.75) is 6.42 Å². The number of thiocarbonyl (C=S) groups is 1. The minimum Gasteiger partial charge on any atom is -0.393 e. The van der Waals surface area contributed by atoms with Gasteiger partial charge in [0.1, 0.15) is 6.61 Å². The van der Waals surface area contributed by atoms with Crippen molar-refractivity contribution >= 4 is 28.8 Å². The second-order valence-electron chi connectivity index (χ2n) is 3.32. The van der Waals surface area contributed by atoms with Gasteiger partial charge in [0.25, 0.3) is 0 Å². The Morgan fingerprint density at radius 1 is 1.44 bits per heavy atom. The molecule has 1 aromatic rings. The smallest absolute Gasteiger partial charge is 0.250 e. The lowest BCUT2D eigenvalue weighted by Crippen LogP contribution is -2.17. The quantitative estimate of drug-likeness (QED) is 0.754.